The normalized spacial score (nSPS) is 12.5. The number of hydrogen-bond acceptors (Lipinski definition) is 2. The van der Waals surface area contributed by atoms with Gasteiger partial charge in [-0.25, -0.2) is 18.6 Å². The molecule has 0 fully saturated rings. The summed E-state index contributed by atoms with van der Waals surface area (Å²) in [6.45, 7) is 1.59. The van der Waals surface area contributed by atoms with Crippen LogP contribution in [0, 0.1) is 24.4 Å². The van der Waals surface area contributed by atoms with Gasteiger partial charge in [-0.3, -0.25) is 5.84 Å². The fraction of sp³-hybridized carbons (Fsp3) is 0.143. The minimum absolute atomic E-state index is 0.0352. The van der Waals surface area contributed by atoms with Crippen molar-refractivity contribution >= 4 is 0 Å². The fourth-order valence-electron chi connectivity index (χ4n) is 1.98. The molecule has 3 N–H and O–H groups in total. The molecule has 0 saturated carbocycles. The summed E-state index contributed by atoms with van der Waals surface area (Å²) in [7, 11) is 0. The summed E-state index contributed by atoms with van der Waals surface area (Å²) < 4.78 is 41.0. The van der Waals surface area contributed by atoms with Crippen molar-refractivity contribution in [3.05, 3.63) is 70.5 Å². The first kappa shape index (κ1) is 13.6. The molecular formula is C14H13F3N2. The Hall–Kier alpha value is -1.85. The van der Waals surface area contributed by atoms with Gasteiger partial charge in [-0.1, -0.05) is 30.3 Å². The Morgan fingerprint density at radius 3 is 2.16 bits per heavy atom. The van der Waals surface area contributed by atoms with Gasteiger partial charge in [0.1, 0.15) is 5.82 Å². The van der Waals surface area contributed by atoms with Crippen molar-refractivity contribution in [2.24, 2.45) is 5.84 Å². The number of rotatable bonds is 3. The van der Waals surface area contributed by atoms with Gasteiger partial charge in [0.05, 0.1) is 6.04 Å². The summed E-state index contributed by atoms with van der Waals surface area (Å²) in [4.78, 5) is 0. The van der Waals surface area contributed by atoms with Crippen LogP contribution in [0.1, 0.15) is 22.7 Å². The maximum absolute atomic E-state index is 14.0. The zero-order chi connectivity index (χ0) is 14.0. The van der Waals surface area contributed by atoms with E-state index >= 15 is 0 Å². The molecule has 0 amide bonds. The Kier molecular flexibility index (Phi) is 3.87. The topological polar surface area (TPSA) is 38.0 Å². The summed E-state index contributed by atoms with van der Waals surface area (Å²) in [5, 5.41) is 0. The Morgan fingerprint density at radius 2 is 1.53 bits per heavy atom. The molecule has 0 heterocycles. The Bertz CT molecular complexity index is 548. The van der Waals surface area contributed by atoms with Crippen molar-refractivity contribution in [1.82, 2.24) is 5.43 Å². The van der Waals surface area contributed by atoms with E-state index in [2.05, 4.69) is 5.43 Å². The molecule has 5 heteroatoms. The lowest BCUT2D eigenvalue weighted by Gasteiger charge is -2.19. The van der Waals surface area contributed by atoms with Crippen molar-refractivity contribution in [2.75, 3.05) is 0 Å². The molecule has 2 aromatic carbocycles. The lowest BCUT2D eigenvalue weighted by molar-refractivity contribution is 0.476. The molecule has 0 spiro atoms. The molecule has 0 aliphatic heterocycles. The number of hydrazine groups is 1. The van der Waals surface area contributed by atoms with Crippen LogP contribution in [0.5, 0.6) is 0 Å². The Morgan fingerprint density at radius 1 is 0.947 bits per heavy atom. The van der Waals surface area contributed by atoms with Gasteiger partial charge >= 0.3 is 0 Å². The second-order valence-corrected chi connectivity index (χ2v) is 4.22. The van der Waals surface area contributed by atoms with Crippen molar-refractivity contribution < 1.29 is 13.2 Å². The highest BCUT2D eigenvalue weighted by Crippen LogP contribution is 2.27. The van der Waals surface area contributed by atoms with E-state index in [0.29, 0.717) is 5.56 Å². The highest BCUT2D eigenvalue weighted by atomic mass is 19.2. The minimum atomic E-state index is -1.04. The van der Waals surface area contributed by atoms with Crippen LogP contribution in [0.4, 0.5) is 13.2 Å². The minimum Gasteiger partial charge on any atom is -0.271 e. The zero-order valence-electron chi connectivity index (χ0n) is 10.3. The molecule has 2 rings (SSSR count). The SMILES string of the molecule is Cc1cccc(C(NN)c2cccc(F)c2F)c1F. The predicted octanol–water partition coefficient (Wildman–Crippen LogP) is 2.97. The molecule has 1 atom stereocenters. The van der Waals surface area contributed by atoms with E-state index in [9.17, 15) is 13.2 Å². The third kappa shape index (κ3) is 2.47. The van der Waals surface area contributed by atoms with Crippen LogP contribution < -0.4 is 11.3 Å². The lowest BCUT2D eigenvalue weighted by atomic mass is 9.96. The predicted molar refractivity (Wildman–Crippen MR) is 66.7 cm³/mol. The van der Waals surface area contributed by atoms with Crippen LogP contribution in [0.25, 0.3) is 0 Å². The maximum atomic E-state index is 14.0. The van der Waals surface area contributed by atoms with Gasteiger partial charge in [-0.15, -0.1) is 0 Å². The van der Waals surface area contributed by atoms with Gasteiger partial charge in [-0.2, -0.15) is 0 Å². The molecule has 1 unspecified atom stereocenters. The summed E-state index contributed by atoms with van der Waals surface area (Å²) in [5.74, 6) is 2.85. The molecule has 0 aromatic heterocycles. The quantitative estimate of drug-likeness (QED) is 0.662. The van der Waals surface area contributed by atoms with Crippen LogP contribution in [0.15, 0.2) is 36.4 Å². The second kappa shape index (κ2) is 5.42. The number of nitrogens with one attached hydrogen (secondary N) is 1. The fourth-order valence-corrected chi connectivity index (χ4v) is 1.98. The average Bonchev–Trinajstić information content (AvgIpc) is 2.40. The second-order valence-electron chi connectivity index (χ2n) is 4.22. The Balaban J connectivity index is 2.57. The average molecular weight is 266 g/mol. The van der Waals surface area contributed by atoms with E-state index < -0.39 is 23.5 Å². The van der Waals surface area contributed by atoms with E-state index in [0.717, 1.165) is 6.07 Å². The summed E-state index contributed by atoms with van der Waals surface area (Å²) in [6.07, 6.45) is 0. The molecule has 2 aromatic rings. The van der Waals surface area contributed by atoms with Crippen molar-refractivity contribution in [2.45, 2.75) is 13.0 Å². The monoisotopic (exact) mass is 266 g/mol. The summed E-state index contributed by atoms with van der Waals surface area (Å²) in [5.41, 5.74) is 2.87. The number of aryl methyl sites for hydroxylation is 1. The van der Waals surface area contributed by atoms with Gasteiger partial charge in [0.2, 0.25) is 0 Å². The Labute approximate surface area is 109 Å². The number of benzene rings is 2. The van der Waals surface area contributed by atoms with Gasteiger partial charge in [0, 0.05) is 11.1 Å². The molecule has 0 radical (unpaired) electrons. The third-order valence-electron chi connectivity index (χ3n) is 2.99. The highest BCUT2D eigenvalue weighted by Gasteiger charge is 2.22. The zero-order valence-corrected chi connectivity index (χ0v) is 10.3. The first-order chi connectivity index (χ1) is 9.06. The van der Waals surface area contributed by atoms with E-state index in [-0.39, 0.29) is 11.1 Å². The first-order valence-electron chi connectivity index (χ1n) is 5.71. The molecule has 19 heavy (non-hydrogen) atoms. The molecule has 0 aliphatic rings. The van der Waals surface area contributed by atoms with Crippen molar-refractivity contribution in [1.29, 1.82) is 0 Å². The molecule has 0 bridgehead atoms. The third-order valence-corrected chi connectivity index (χ3v) is 2.99. The molecular weight excluding hydrogens is 253 g/mol. The van der Waals surface area contributed by atoms with Crippen molar-refractivity contribution in [3.8, 4) is 0 Å². The lowest BCUT2D eigenvalue weighted by Crippen LogP contribution is -2.30. The van der Waals surface area contributed by atoms with Gasteiger partial charge in [-0.05, 0) is 18.6 Å². The van der Waals surface area contributed by atoms with Crippen LogP contribution >= 0.6 is 0 Å². The van der Waals surface area contributed by atoms with Gasteiger partial charge < -0.3 is 0 Å². The van der Waals surface area contributed by atoms with E-state index in [1.54, 1.807) is 19.1 Å². The van der Waals surface area contributed by atoms with Crippen LogP contribution in [0.3, 0.4) is 0 Å². The summed E-state index contributed by atoms with van der Waals surface area (Å²) >= 11 is 0. The molecule has 0 saturated heterocycles. The largest absolute Gasteiger partial charge is 0.271 e. The van der Waals surface area contributed by atoms with Crippen LogP contribution in [0.2, 0.25) is 0 Å². The first-order valence-corrected chi connectivity index (χ1v) is 5.71. The van der Waals surface area contributed by atoms with Gasteiger partial charge in [0.25, 0.3) is 0 Å². The van der Waals surface area contributed by atoms with Crippen LogP contribution in [-0.4, -0.2) is 0 Å². The van der Waals surface area contributed by atoms with Crippen LogP contribution in [-0.2, 0) is 0 Å². The number of hydrogen-bond donors (Lipinski definition) is 2. The maximum Gasteiger partial charge on any atom is 0.163 e. The summed E-state index contributed by atoms with van der Waals surface area (Å²) in [6, 6.07) is 7.48. The van der Waals surface area contributed by atoms with Crippen molar-refractivity contribution in [3.63, 3.8) is 0 Å². The van der Waals surface area contributed by atoms with E-state index in [1.165, 1.54) is 18.2 Å². The number of halogens is 3. The molecule has 0 aliphatic carbocycles. The van der Waals surface area contributed by atoms with E-state index in [1.807, 2.05) is 0 Å². The van der Waals surface area contributed by atoms with Gasteiger partial charge in [0.15, 0.2) is 11.6 Å². The highest BCUT2D eigenvalue weighted by molar-refractivity contribution is 5.36. The number of nitrogens with two attached hydrogens (primary N) is 1. The standard InChI is InChI=1S/C14H13F3N2/c1-8-4-2-5-9(12(8)16)14(19-18)10-6-3-7-11(15)13(10)17/h2-7,14,19H,18H2,1H3. The van der Waals surface area contributed by atoms with E-state index in [4.69, 9.17) is 5.84 Å². The molecule has 100 valence electrons. The smallest absolute Gasteiger partial charge is 0.163 e. The molecule has 2 nitrogen and oxygen atoms in total.